The van der Waals surface area contributed by atoms with Gasteiger partial charge >= 0.3 is 5.97 Å². The van der Waals surface area contributed by atoms with Crippen LogP contribution in [0, 0.1) is 11.3 Å². The van der Waals surface area contributed by atoms with E-state index in [2.05, 4.69) is 6.07 Å². The van der Waals surface area contributed by atoms with Crippen molar-refractivity contribution < 1.29 is 9.53 Å². The van der Waals surface area contributed by atoms with E-state index in [0.29, 0.717) is 17.7 Å². The Labute approximate surface area is 106 Å². The Bertz CT molecular complexity index is 463. The van der Waals surface area contributed by atoms with Crippen LogP contribution in [0.1, 0.15) is 40.9 Å². The predicted octanol–water partition coefficient (Wildman–Crippen LogP) is 3.04. The van der Waals surface area contributed by atoms with E-state index in [1.807, 2.05) is 6.92 Å². The first-order valence-corrected chi connectivity index (χ1v) is 6.00. The van der Waals surface area contributed by atoms with Gasteiger partial charge in [0, 0.05) is 5.88 Å². The van der Waals surface area contributed by atoms with E-state index in [0.717, 1.165) is 17.5 Å². The average Bonchev–Trinajstić information content (AvgIpc) is 2.37. The van der Waals surface area contributed by atoms with Crippen LogP contribution in [-0.2, 0) is 17.0 Å². The Kier molecular flexibility index (Phi) is 4.99. The lowest BCUT2D eigenvalue weighted by atomic mass is 9.97. The van der Waals surface area contributed by atoms with Crippen molar-refractivity contribution in [1.82, 2.24) is 0 Å². The third-order valence-electron chi connectivity index (χ3n) is 2.49. The van der Waals surface area contributed by atoms with E-state index in [9.17, 15) is 4.79 Å². The fraction of sp³-hybridized carbons (Fsp3) is 0.385. The van der Waals surface area contributed by atoms with Gasteiger partial charge in [-0.3, -0.25) is 0 Å². The van der Waals surface area contributed by atoms with E-state index in [-0.39, 0.29) is 5.88 Å². The fourth-order valence-corrected chi connectivity index (χ4v) is 1.95. The van der Waals surface area contributed by atoms with Gasteiger partial charge in [0.1, 0.15) is 0 Å². The number of ether oxygens (including phenoxy) is 1. The van der Waals surface area contributed by atoms with Gasteiger partial charge in [0.05, 0.1) is 23.8 Å². The highest BCUT2D eigenvalue weighted by Crippen LogP contribution is 2.20. The van der Waals surface area contributed by atoms with Crippen LogP contribution in [0.2, 0.25) is 0 Å². The maximum atomic E-state index is 11.6. The molecular weight excluding hydrogens is 238 g/mol. The number of aryl methyl sites for hydroxylation is 1. The van der Waals surface area contributed by atoms with Crippen LogP contribution in [-0.4, -0.2) is 12.6 Å². The number of carbonyl (C=O) groups excluding carboxylic acids is 1. The van der Waals surface area contributed by atoms with Crippen LogP contribution in [0.25, 0.3) is 0 Å². The molecule has 0 unspecified atom stereocenters. The largest absolute Gasteiger partial charge is 0.462 e. The maximum Gasteiger partial charge on any atom is 0.338 e. The molecular formula is C13H14ClNO2. The van der Waals surface area contributed by atoms with Crippen LogP contribution in [0.15, 0.2) is 12.1 Å². The standard InChI is InChI=1S/C13H14ClNO2/c1-3-9-5-10(13(16)17-4-2)6-11(8-15)12(9)7-14/h5-6H,3-4,7H2,1-2H3. The molecule has 0 radical (unpaired) electrons. The average molecular weight is 252 g/mol. The summed E-state index contributed by atoms with van der Waals surface area (Å²) in [6.07, 6.45) is 0.726. The molecule has 0 fully saturated rings. The molecule has 0 aromatic heterocycles. The molecule has 0 saturated heterocycles. The summed E-state index contributed by atoms with van der Waals surface area (Å²) in [7, 11) is 0. The number of hydrogen-bond donors (Lipinski definition) is 0. The first kappa shape index (κ1) is 13.5. The molecule has 0 saturated carbocycles. The van der Waals surface area contributed by atoms with Crippen molar-refractivity contribution in [3.63, 3.8) is 0 Å². The first-order chi connectivity index (χ1) is 8.17. The zero-order chi connectivity index (χ0) is 12.8. The molecule has 0 N–H and O–H groups in total. The van der Waals surface area contributed by atoms with E-state index in [4.69, 9.17) is 21.6 Å². The van der Waals surface area contributed by atoms with E-state index in [1.165, 1.54) is 6.07 Å². The Hall–Kier alpha value is -1.53. The van der Waals surface area contributed by atoms with Crippen molar-refractivity contribution >= 4 is 17.6 Å². The second-order valence-corrected chi connectivity index (χ2v) is 3.75. The third kappa shape index (κ3) is 2.98. The third-order valence-corrected chi connectivity index (χ3v) is 2.76. The van der Waals surface area contributed by atoms with Crippen molar-refractivity contribution in [2.75, 3.05) is 6.61 Å². The van der Waals surface area contributed by atoms with Gasteiger partial charge in [0.2, 0.25) is 0 Å². The molecule has 0 aliphatic rings. The molecule has 1 aromatic carbocycles. The van der Waals surface area contributed by atoms with Crippen molar-refractivity contribution in [3.05, 3.63) is 34.4 Å². The summed E-state index contributed by atoms with van der Waals surface area (Å²) in [5.41, 5.74) is 2.57. The van der Waals surface area contributed by atoms with Crippen LogP contribution < -0.4 is 0 Å². The van der Waals surface area contributed by atoms with E-state index < -0.39 is 5.97 Å². The lowest BCUT2D eigenvalue weighted by molar-refractivity contribution is 0.0526. The molecule has 90 valence electrons. The van der Waals surface area contributed by atoms with Crippen molar-refractivity contribution in [1.29, 1.82) is 5.26 Å². The molecule has 0 aliphatic carbocycles. The fourth-order valence-electron chi connectivity index (χ4n) is 1.64. The number of hydrogen-bond acceptors (Lipinski definition) is 3. The van der Waals surface area contributed by atoms with Gasteiger partial charge in [-0.05, 0) is 36.6 Å². The molecule has 0 spiro atoms. The lowest BCUT2D eigenvalue weighted by Gasteiger charge is -2.10. The quantitative estimate of drug-likeness (QED) is 0.610. The molecule has 1 rings (SSSR count). The first-order valence-electron chi connectivity index (χ1n) is 5.46. The van der Waals surface area contributed by atoms with Crippen molar-refractivity contribution in [2.24, 2.45) is 0 Å². The number of alkyl halides is 1. The van der Waals surface area contributed by atoms with E-state index >= 15 is 0 Å². The van der Waals surface area contributed by atoms with Gasteiger partial charge in [-0.15, -0.1) is 11.6 Å². The minimum Gasteiger partial charge on any atom is -0.462 e. The Balaban J connectivity index is 3.28. The summed E-state index contributed by atoms with van der Waals surface area (Å²) in [6, 6.07) is 5.35. The second kappa shape index (κ2) is 6.27. The predicted molar refractivity (Wildman–Crippen MR) is 66.0 cm³/mol. The Morgan fingerprint density at radius 3 is 2.65 bits per heavy atom. The maximum absolute atomic E-state index is 11.6. The summed E-state index contributed by atoms with van der Waals surface area (Å²) in [4.78, 5) is 11.6. The number of nitriles is 1. The van der Waals surface area contributed by atoms with Crippen LogP contribution in [0.5, 0.6) is 0 Å². The van der Waals surface area contributed by atoms with Crippen LogP contribution in [0.4, 0.5) is 0 Å². The highest BCUT2D eigenvalue weighted by atomic mass is 35.5. The van der Waals surface area contributed by atoms with Crippen molar-refractivity contribution in [3.8, 4) is 6.07 Å². The number of nitrogens with zero attached hydrogens (tertiary/aromatic N) is 1. The summed E-state index contributed by atoms with van der Waals surface area (Å²) >= 11 is 5.82. The smallest absolute Gasteiger partial charge is 0.338 e. The molecule has 1 aromatic rings. The number of rotatable bonds is 4. The molecule has 0 amide bonds. The highest BCUT2D eigenvalue weighted by Gasteiger charge is 2.14. The van der Waals surface area contributed by atoms with Crippen LogP contribution >= 0.6 is 11.6 Å². The van der Waals surface area contributed by atoms with Gasteiger partial charge in [0.15, 0.2) is 0 Å². The highest BCUT2D eigenvalue weighted by molar-refractivity contribution is 6.17. The number of benzene rings is 1. The summed E-state index contributed by atoms with van der Waals surface area (Å²) in [5, 5.41) is 9.04. The Morgan fingerprint density at radius 2 is 2.18 bits per heavy atom. The Morgan fingerprint density at radius 1 is 1.47 bits per heavy atom. The second-order valence-electron chi connectivity index (χ2n) is 3.48. The van der Waals surface area contributed by atoms with Crippen LogP contribution in [0.3, 0.4) is 0 Å². The normalized spacial score (nSPS) is 9.76. The topological polar surface area (TPSA) is 50.1 Å². The van der Waals surface area contributed by atoms with Gasteiger partial charge in [0.25, 0.3) is 0 Å². The molecule has 4 heteroatoms. The molecule has 0 heterocycles. The summed E-state index contributed by atoms with van der Waals surface area (Å²) in [5.74, 6) is -0.130. The lowest BCUT2D eigenvalue weighted by Crippen LogP contribution is -2.07. The zero-order valence-electron chi connectivity index (χ0n) is 9.92. The monoisotopic (exact) mass is 251 g/mol. The van der Waals surface area contributed by atoms with Gasteiger partial charge in [-0.2, -0.15) is 5.26 Å². The number of carbonyl (C=O) groups is 1. The molecule has 0 atom stereocenters. The molecule has 3 nitrogen and oxygen atoms in total. The zero-order valence-corrected chi connectivity index (χ0v) is 10.7. The van der Waals surface area contributed by atoms with Gasteiger partial charge < -0.3 is 4.74 Å². The van der Waals surface area contributed by atoms with E-state index in [1.54, 1.807) is 13.0 Å². The molecule has 17 heavy (non-hydrogen) atoms. The van der Waals surface area contributed by atoms with Gasteiger partial charge in [-0.1, -0.05) is 6.92 Å². The minimum atomic E-state index is -0.403. The van der Waals surface area contributed by atoms with Crippen molar-refractivity contribution in [2.45, 2.75) is 26.1 Å². The SMILES string of the molecule is CCOC(=O)c1cc(C#N)c(CCl)c(CC)c1. The molecule has 0 bridgehead atoms. The number of esters is 1. The van der Waals surface area contributed by atoms with Gasteiger partial charge in [-0.25, -0.2) is 4.79 Å². The minimum absolute atomic E-state index is 0.273. The molecule has 0 aliphatic heterocycles. The summed E-state index contributed by atoms with van der Waals surface area (Å²) < 4.78 is 4.92. The number of halogens is 1. The summed E-state index contributed by atoms with van der Waals surface area (Å²) in [6.45, 7) is 4.03.